The van der Waals surface area contributed by atoms with E-state index in [4.69, 9.17) is 9.47 Å². The van der Waals surface area contributed by atoms with Crippen molar-refractivity contribution < 1.29 is 19.1 Å². The van der Waals surface area contributed by atoms with E-state index in [1.165, 1.54) is 12.3 Å². The van der Waals surface area contributed by atoms with Gasteiger partial charge in [-0.1, -0.05) is 18.9 Å². The van der Waals surface area contributed by atoms with E-state index in [1.807, 2.05) is 6.07 Å². The lowest BCUT2D eigenvalue weighted by atomic mass is 10.1. The number of nitrogens with one attached hydrogen (secondary N) is 2. The zero-order valence-electron chi connectivity index (χ0n) is 16.2. The van der Waals surface area contributed by atoms with Crippen LogP contribution in [0.5, 0.6) is 11.5 Å². The van der Waals surface area contributed by atoms with E-state index in [0.717, 1.165) is 31.2 Å². The Bertz CT molecular complexity index is 847. The zero-order valence-corrected chi connectivity index (χ0v) is 16.2. The summed E-state index contributed by atoms with van der Waals surface area (Å²) in [5, 5.41) is 5.83. The molecule has 1 fully saturated rings. The first kappa shape index (κ1) is 19.7. The molecule has 0 aliphatic heterocycles. The molecule has 3 rings (SSSR count). The van der Waals surface area contributed by atoms with Crippen molar-refractivity contribution in [3.05, 3.63) is 53.3 Å². The normalized spacial score (nSPS) is 13.8. The average molecular weight is 383 g/mol. The number of aromatic nitrogens is 1. The molecule has 2 amide bonds. The van der Waals surface area contributed by atoms with Gasteiger partial charge >= 0.3 is 0 Å². The molecule has 0 unspecified atom stereocenters. The third-order valence-electron chi connectivity index (χ3n) is 4.85. The molecule has 0 saturated heterocycles. The zero-order chi connectivity index (χ0) is 19.9. The van der Waals surface area contributed by atoms with E-state index in [2.05, 4.69) is 15.6 Å². The Morgan fingerprint density at radius 1 is 1.04 bits per heavy atom. The molecule has 2 aromatic rings. The molecule has 0 atom stereocenters. The lowest BCUT2D eigenvalue weighted by Crippen LogP contribution is -2.33. The highest BCUT2D eigenvalue weighted by atomic mass is 16.5. The number of hydrogen-bond donors (Lipinski definition) is 2. The second-order valence-corrected chi connectivity index (χ2v) is 6.76. The first-order valence-electron chi connectivity index (χ1n) is 9.36. The van der Waals surface area contributed by atoms with E-state index in [-0.39, 0.29) is 23.6 Å². The lowest BCUT2D eigenvalue weighted by molar-refractivity contribution is 0.0937. The minimum atomic E-state index is -0.342. The number of carbonyl (C=O) groups excluding carboxylic acids is 2. The summed E-state index contributed by atoms with van der Waals surface area (Å²) < 4.78 is 10.5. The fraction of sp³-hybridized carbons (Fsp3) is 0.381. The Kier molecular flexibility index (Phi) is 6.47. The summed E-state index contributed by atoms with van der Waals surface area (Å²) in [5.41, 5.74) is 1.51. The van der Waals surface area contributed by atoms with Crippen LogP contribution >= 0.6 is 0 Å². The van der Waals surface area contributed by atoms with Crippen molar-refractivity contribution in [3.8, 4) is 11.5 Å². The Balaban J connectivity index is 1.62. The molecule has 7 nitrogen and oxygen atoms in total. The third kappa shape index (κ3) is 4.79. The number of rotatable bonds is 7. The van der Waals surface area contributed by atoms with Crippen molar-refractivity contribution in [1.29, 1.82) is 0 Å². The molecular weight excluding hydrogens is 358 g/mol. The maximum absolute atomic E-state index is 12.5. The van der Waals surface area contributed by atoms with Crippen molar-refractivity contribution >= 4 is 11.8 Å². The maximum Gasteiger partial charge on any atom is 0.270 e. The summed E-state index contributed by atoms with van der Waals surface area (Å²) in [4.78, 5) is 28.9. The second-order valence-electron chi connectivity index (χ2n) is 6.76. The Morgan fingerprint density at radius 2 is 1.79 bits per heavy atom. The predicted octanol–water partition coefficient (Wildman–Crippen LogP) is 2.70. The highest BCUT2D eigenvalue weighted by Gasteiger charge is 2.19. The van der Waals surface area contributed by atoms with E-state index in [1.54, 1.807) is 32.4 Å². The number of carbonyl (C=O) groups is 2. The number of methoxy groups -OCH3 is 2. The third-order valence-corrected chi connectivity index (χ3v) is 4.85. The molecule has 28 heavy (non-hydrogen) atoms. The van der Waals surface area contributed by atoms with Gasteiger partial charge in [-0.05, 0) is 42.7 Å². The van der Waals surface area contributed by atoms with Crippen LogP contribution in [0.15, 0.2) is 36.5 Å². The number of pyridine rings is 1. The van der Waals surface area contributed by atoms with Gasteiger partial charge in [0.05, 0.1) is 14.2 Å². The topological polar surface area (TPSA) is 89.5 Å². The van der Waals surface area contributed by atoms with E-state index >= 15 is 0 Å². The first-order chi connectivity index (χ1) is 13.6. The fourth-order valence-electron chi connectivity index (χ4n) is 3.30. The van der Waals surface area contributed by atoms with Crippen LogP contribution in [-0.2, 0) is 6.54 Å². The van der Waals surface area contributed by atoms with E-state index in [0.29, 0.717) is 23.6 Å². The molecule has 1 aromatic heterocycles. The molecule has 1 aliphatic carbocycles. The summed E-state index contributed by atoms with van der Waals surface area (Å²) in [6.45, 7) is 0.305. The SMILES string of the molecule is COc1ccc(CNC(=O)c2cc(C(=O)NC3CCCC3)ccn2)cc1OC. The van der Waals surface area contributed by atoms with Crippen molar-refractivity contribution in [2.75, 3.05) is 14.2 Å². The van der Waals surface area contributed by atoms with Gasteiger partial charge in [-0.2, -0.15) is 0 Å². The van der Waals surface area contributed by atoms with Gasteiger partial charge in [-0.3, -0.25) is 14.6 Å². The summed E-state index contributed by atoms with van der Waals surface area (Å²) in [6.07, 6.45) is 5.79. The van der Waals surface area contributed by atoms with Gasteiger partial charge in [-0.15, -0.1) is 0 Å². The number of ether oxygens (including phenoxy) is 2. The van der Waals surface area contributed by atoms with Crippen LogP contribution in [0, 0.1) is 0 Å². The molecule has 1 heterocycles. The molecule has 0 radical (unpaired) electrons. The van der Waals surface area contributed by atoms with Gasteiger partial charge in [0, 0.05) is 24.3 Å². The van der Waals surface area contributed by atoms with Crippen LogP contribution in [0.4, 0.5) is 0 Å². The molecule has 148 valence electrons. The minimum Gasteiger partial charge on any atom is -0.493 e. The van der Waals surface area contributed by atoms with Gasteiger partial charge in [0.25, 0.3) is 11.8 Å². The number of nitrogens with zero attached hydrogens (tertiary/aromatic N) is 1. The van der Waals surface area contributed by atoms with Crippen LogP contribution in [0.1, 0.15) is 52.1 Å². The van der Waals surface area contributed by atoms with Crippen LogP contribution in [0.3, 0.4) is 0 Å². The maximum atomic E-state index is 12.5. The lowest BCUT2D eigenvalue weighted by Gasteiger charge is -2.12. The monoisotopic (exact) mass is 383 g/mol. The van der Waals surface area contributed by atoms with Crippen LogP contribution in [0.2, 0.25) is 0 Å². The van der Waals surface area contributed by atoms with Gasteiger partial charge in [0.2, 0.25) is 0 Å². The van der Waals surface area contributed by atoms with Crippen LogP contribution < -0.4 is 20.1 Å². The van der Waals surface area contributed by atoms with Crippen molar-refractivity contribution in [3.63, 3.8) is 0 Å². The average Bonchev–Trinajstić information content (AvgIpc) is 3.24. The Hall–Kier alpha value is -3.09. The number of hydrogen-bond acceptors (Lipinski definition) is 5. The molecule has 1 saturated carbocycles. The van der Waals surface area contributed by atoms with Crippen molar-refractivity contribution in [2.24, 2.45) is 0 Å². The standard InChI is InChI=1S/C21H25N3O4/c1-27-18-8-7-14(11-19(18)28-2)13-23-21(26)17-12-15(9-10-22-17)20(25)24-16-5-3-4-6-16/h7-12,16H,3-6,13H2,1-2H3,(H,23,26)(H,24,25). The highest BCUT2D eigenvalue weighted by Crippen LogP contribution is 2.27. The molecule has 2 N–H and O–H groups in total. The Labute approximate surface area is 164 Å². The Morgan fingerprint density at radius 3 is 2.50 bits per heavy atom. The van der Waals surface area contributed by atoms with Gasteiger partial charge < -0.3 is 20.1 Å². The highest BCUT2D eigenvalue weighted by molar-refractivity contribution is 5.98. The fourth-order valence-corrected chi connectivity index (χ4v) is 3.30. The molecule has 0 spiro atoms. The molecule has 1 aliphatic rings. The summed E-state index contributed by atoms with van der Waals surface area (Å²) in [7, 11) is 3.13. The molecular formula is C21H25N3O4. The smallest absolute Gasteiger partial charge is 0.270 e. The first-order valence-corrected chi connectivity index (χ1v) is 9.36. The predicted molar refractivity (Wildman–Crippen MR) is 105 cm³/mol. The van der Waals surface area contributed by atoms with Gasteiger partial charge in [0.15, 0.2) is 11.5 Å². The van der Waals surface area contributed by atoms with E-state index < -0.39 is 0 Å². The number of amides is 2. The van der Waals surface area contributed by atoms with Crippen molar-refractivity contribution in [2.45, 2.75) is 38.3 Å². The molecule has 7 heteroatoms. The van der Waals surface area contributed by atoms with Crippen LogP contribution in [0.25, 0.3) is 0 Å². The summed E-state index contributed by atoms with van der Waals surface area (Å²) >= 11 is 0. The summed E-state index contributed by atoms with van der Waals surface area (Å²) in [6, 6.07) is 8.80. The van der Waals surface area contributed by atoms with E-state index in [9.17, 15) is 9.59 Å². The van der Waals surface area contributed by atoms with Gasteiger partial charge in [-0.25, -0.2) is 0 Å². The summed E-state index contributed by atoms with van der Waals surface area (Å²) in [5.74, 6) is 0.715. The van der Waals surface area contributed by atoms with Gasteiger partial charge in [0.1, 0.15) is 5.69 Å². The van der Waals surface area contributed by atoms with Crippen molar-refractivity contribution in [1.82, 2.24) is 15.6 Å². The second kappa shape index (κ2) is 9.21. The molecule has 1 aromatic carbocycles. The largest absolute Gasteiger partial charge is 0.493 e. The quantitative estimate of drug-likeness (QED) is 0.767. The number of benzene rings is 1. The molecule has 0 bridgehead atoms. The van der Waals surface area contributed by atoms with Crippen LogP contribution in [-0.4, -0.2) is 37.1 Å². The minimum absolute atomic E-state index is 0.164.